The maximum Gasteiger partial charge on any atom is 0.339 e. The second kappa shape index (κ2) is 31.6. The van der Waals surface area contributed by atoms with Gasteiger partial charge in [0.1, 0.15) is 63.1 Å². The van der Waals surface area contributed by atoms with Gasteiger partial charge in [0.2, 0.25) is 0 Å². The Morgan fingerprint density at radius 2 is 1.05 bits per heavy atom. The van der Waals surface area contributed by atoms with Crippen LogP contribution in [0.2, 0.25) is 0 Å². The Hall–Kier alpha value is -8.53. The van der Waals surface area contributed by atoms with Gasteiger partial charge in [-0.05, 0) is 109 Å². The van der Waals surface area contributed by atoms with Gasteiger partial charge in [0, 0.05) is 53.0 Å². The summed E-state index contributed by atoms with van der Waals surface area (Å²) in [6.45, 7) is 12.2. The van der Waals surface area contributed by atoms with Crippen molar-refractivity contribution < 1.29 is 48.5 Å². The molecular formula is C67H73ClN4O10S. The number of imidazole rings is 2. The standard InChI is InChI=1S/C37H40N2O4S.C30H32N2O6.ClH/c1-4-13-29-34(18-11-19-35(29)43-33-17-10-9-14-26(33)3)41-20-12-21-42-36-23-32(40)30(22-28(36)5-2)31-24-38-37(39-31)44-25-27-15-7-6-8-16-27;1-3-9-21-26(12-7-13-27(21)38-28-11-6-5-10-22(28)30(34)35)36-14-8-15-37-29-17-25(33)23(16-20(29)4-2)24-18-31-19-32-24;/h6-11,14-19,22-24,40H,4-5,12-13,20-21,25H2,1-3H3,(H,38,39);5-7,10-13,16-19,33H,3-4,8-9,14-15H2,1-2H3,(H,31,32)(H,34,35);1H. The molecule has 0 saturated heterocycles. The normalized spacial score (nSPS) is 10.8. The molecule has 9 aromatic rings. The number of benzene rings is 7. The molecule has 14 nitrogen and oxygen atoms in total. The van der Waals surface area contributed by atoms with E-state index < -0.39 is 5.97 Å². The van der Waals surface area contributed by atoms with Crippen molar-refractivity contribution in [3.05, 3.63) is 197 Å². The Kier molecular flexibility index (Phi) is 23.6. The van der Waals surface area contributed by atoms with E-state index in [1.165, 1.54) is 11.6 Å². The summed E-state index contributed by atoms with van der Waals surface area (Å²) in [5.74, 6) is 5.50. The summed E-state index contributed by atoms with van der Waals surface area (Å²) < 4.78 is 36.8. The van der Waals surface area contributed by atoms with E-state index >= 15 is 0 Å². The molecule has 0 spiro atoms. The molecule has 0 radical (unpaired) electrons. The zero-order chi connectivity index (χ0) is 57.6. The van der Waals surface area contributed by atoms with Gasteiger partial charge in [0.25, 0.3) is 0 Å². The third kappa shape index (κ3) is 17.0. The van der Waals surface area contributed by atoms with Crippen molar-refractivity contribution in [2.24, 2.45) is 0 Å². The molecule has 0 bridgehead atoms. The Morgan fingerprint density at radius 1 is 0.554 bits per heavy atom. The van der Waals surface area contributed by atoms with Crippen LogP contribution in [-0.4, -0.2) is 67.7 Å². The molecule has 2 heterocycles. The highest BCUT2D eigenvalue weighted by Gasteiger charge is 2.19. The first-order valence-electron chi connectivity index (χ1n) is 28.0. The fraction of sp³-hybridized carbons (Fsp3) is 0.269. The number of aromatic carboxylic acids is 1. The van der Waals surface area contributed by atoms with Crippen molar-refractivity contribution in [2.75, 3.05) is 26.4 Å². The molecule has 9 rings (SSSR count). The van der Waals surface area contributed by atoms with Gasteiger partial charge in [0.15, 0.2) is 5.16 Å². The number of hydrogen-bond acceptors (Lipinski definition) is 12. The Balaban J connectivity index is 0.000000238. The van der Waals surface area contributed by atoms with Gasteiger partial charge < -0.3 is 53.7 Å². The first-order chi connectivity index (χ1) is 40.1. The van der Waals surface area contributed by atoms with Crippen LogP contribution in [0.25, 0.3) is 22.5 Å². The van der Waals surface area contributed by atoms with Crippen molar-refractivity contribution in [2.45, 2.75) is 96.9 Å². The second-order valence-electron chi connectivity index (χ2n) is 19.3. The third-order valence-corrected chi connectivity index (χ3v) is 14.4. The summed E-state index contributed by atoms with van der Waals surface area (Å²) in [5.41, 5.74) is 9.35. The maximum absolute atomic E-state index is 11.6. The molecule has 2 aromatic heterocycles. The van der Waals surface area contributed by atoms with Gasteiger partial charge in [-0.15, -0.1) is 12.4 Å². The minimum atomic E-state index is -1.04. The summed E-state index contributed by atoms with van der Waals surface area (Å²) in [7, 11) is 0. The Labute approximate surface area is 496 Å². The number of para-hydroxylation sites is 2. The zero-order valence-corrected chi connectivity index (χ0v) is 49.2. The molecule has 0 fully saturated rings. The Morgan fingerprint density at radius 3 is 1.58 bits per heavy atom. The average Bonchev–Trinajstić information content (AvgIpc) is 4.41. The van der Waals surface area contributed by atoms with Gasteiger partial charge >= 0.3 is 5.97 Å². The van der Waals surface area contributed by atoms with Crippen molar-refractivity contribution in [1.29, 1.82) is 0 Å². The predicted molar refractivity (Wildman–Crippen MR) is 330 cm³/mol. The van der Waals surface area contributed by atoms with Gasteiger partial charge in [-0.3, -0.25) is 0 Å². The topological polar surface area (TPSA) is 190 Å². The van der Waals surface area contributed by atoms with Crippen LogP contribution in [0, 0.1) is 6.92 Å². The molecule has 0 saturated carbocycles. The number of aromatic hydroxyl groups is 2. The minimum absolute atomic E-state index is 0. The second-order valence-corrected chi connectivity index (χ2v) is 20.3. The number of rotatable bonds is 28. The highest BCUT2D eigenvalue weighted by atomic mass is 35.5. The van der Waals surface area contributed by atoms with Crippen LogP contribution >= 0.6 is 24.2 Å². The lowest BCUT2D eigenvalue weighted by Gasteiger charge is -2.17. The molecule has 0 atom stereocenters. The summed E-state index contributed by atoms with van der Waals surface area (Å²) in [6, 6.07) is 43.7. The van der Waals surface area contributed by atoms with E-state index in [1.54, 1.807) is 60.8 Å². The van der Waals surface area contributed by atoms with E-state index in [4.69, 9.17) is 28.4 Å². The molecule has 434 valence electrons. The number of phenols is 2. The van der Waals surface area contributed by atoms with Crippen molar-refractivity contribution in [3.8, 4) is 80.0 Å². The lowest BCUT2D eigenvalue weighted by molar-refractivity contribution is 0.0694. The molecule has 0 aliphatic rings. The fourth-order valence-corrected chi connectivity index (χ4v) is 9.96. The monoisotopic (exact) mass is 1160 g/mol. The smallest absolute Gasteiger partial charge is 0.339 e. The van der Waals surface area contributed by atoms with Crippen LogP contribution in [0.4, 0.5) is 0 Å². The summed E-state index contributed by atoms with van der Waals surface area (Å²) in [6.07, 6.45) is 11.3. The summed E-state index contributed by atoms with van der Waals surface area (Å²) in [5, 5.41) is 31.7. The molecule has 0 amide bonds. The lowest BCUT2D eigenvalue weighted by Crippen LogP contribution is -2.08. The predicted octanol–water partition coefficient (Wildman–Crippen LogP) is 16.6. The molecule has 0 unspecified atom stereocenters. The number of carbonyl (C=O) groups is 1. The van der Waals surface area contributed by atoms with Gasteiger partial charge in [-0.25, -0.2) is 14.8 Å². The molecule has 5 N–H and O–H groups in total. The highest BCUT2D eigenvalue weighted by molar-refractivity contribution is 7.98. The number of phenolic OH excluding ortho intramolecular Hbond substituents is 2. The van der Waals surface area contributed by atoms with Crippen LogP contribution in [0.3, 0.4) is 0 Å². The number of hydrogen-bond donors (Lipinski definition) is 5. The van der Waals surface area contributed by atoms with Gasteiger partial charge in [0.05, 0.1) is 56.5 Å². The molecule has 0 aliphatic carbocycles. The number of aromatic nitrogens is 4. The van der Waals surface area contributed by atoms with Crippen molar-refractivity contribution in [3.63, 3.8) is 0 Å². The van der Waals surface area contributed by atoms with Crippen LogP contribution in [-0.2, 0) is 31.4 Å². The Bertz CT molecular complexity index is 3480. The first kappa shape index (κ1) is 62.1. The molecule has 16 heteroatoms. The number of nitrogens with zero attached hydrogens (tertiary/aromatic N) is 2. The number of thioether (sulfide) groups is 1. The van der Waals surface area contributed by atoms with Crippen LogP contribution in [0.5, 0.6) is 57.5 Å². The number of aryl methyl sites for hydroxylation is 3. The largest absolute Gasteiger partial charge is 0.507 e. The average molecular weight is 1160 g/mol. The SMILES string of the molecule is CCCc1c(OCCCOc2cc(O)c(-c3cnc(SCc4ccccc4)[nH]3)cc2CC)cccc1Oc1ccccc1C.CCCc1c(OCCCOc2cc(O)c(-c3cnc[nH]3)cc2CC)cccc1Oc1ccccc1C(=O)O.Cl. The number of carboxylic acid groups (broad SMARTS) is 1. The summed E-state index contributed by atoms with van der Waals surface area (Å²) in [4.78, 5) is 26.5. The van der Waals surface area contributed by atoms with Gasteiger partial charge in [-0.1, -0.05) is 125 Å². The fourth-order valence-electron chi connectivity index (χ4n) is 9.15. The maximum atomic E-state index is 11.6. The van der Waals surface area contributed by atoms with E-state index in [9.17, 15) is 20.1 Å². The number of carboxylic acids is 1. The number of ether oxygens (including phenoxy) is 6. The van der Waals surface area contributed by atoms with Crippen molar-refractivity contribution >= 4 is 30.1 Å². The number of aromatic amines is 2. The van der Waals surface area contributed by atoms with Crippen LogP contribution < -0.4 is 28.4 Å². The zero-order valence-electron chi connectivity index (χ0n) is 47.6. The van der Waals surface area contributed by atoms with E-state index in [1.807, 2.05) is 105 Å². The third-order valence-electron chi connectivity index (χ3n) is 13.4. The lowest BCUT2D eigenvalue weighted by atomic mass is 10.0. The number of halogens is 1. The molecule has 0 aliphatic heterocycles. The molecular weight excluding hydrogens is 1090 g/mol. The van der Waals surface area contributed by atoms with E-state index in [-0.39, 0.29) is 35.2 Å². The minimum Gasteiger partial charge on any atom is -0.507 e. The van der Waals surface area contributed by atoms with E-state index in [0.29, 0.717) is 73.4 Å². The van der Waals surface area contributed by atoms with E-state index in [2.05, 4.69) is 52.8 Å². The quantitative estimate of drug-likeness (QED) is 0.0230. The van der Waals surface area contributed by atoms with Crippen molar-refractivity contribution in [1.82, 2.24) is 19.9 Å². The van der Waals surface area contributed by atoms with Crippen LogP contribution in [0.1, 0.15) is 97.1 Å². The number of H-pyrrole nitrogens is 2. The first-order valence-corrected chi connectivity index (χ1v) is 29.0. The molecule has 7 aromatic carbocycles. The molecule has 83 heavy (non-hydrogen) atoms. The van der Waals surface area contributed by atoms with Crippen LogP contribution in [0.15, 0.2) is 163 Å². The number of nitrogens with one attached hydrogen (secondary N) is 2. The van der Waals surface area contributed by atoms with E-state index in [0.717, 1.165) is 106 Å². The highest BCUT2D eigenvalue weighted by Crippen LogP contribution is 2.39. The summed E-state index contributed by atoms with van der Waals surface area (Å²) >= 11 is 1.64. The van der Waals surface area contributed by atoms with Gasteiger partial charge in [-0.2, -0.15) is 0 Å².